The minimum atomic E-state index is -0.824. The van der Waals surface area contributed by atoms with Gasteiger partial charge in [-0.2, -0.15) is 0 Å². The maximum Gasteiger partial charge on any atom is 0.330 e. The SMILES string of the molecule is CCC(Br)C(=O)OC[C@@H]1O[C@H](n2cc(C=CBr)c(=O)[nH]c2=O)CC1OC(=O)C(Br)CC. The molecule has 0 bridgehead atoms. The molecule has 3 unspecified atom stereocenters. The van der Waals surface area contributed by atoms with Crippen LogP contribution in [0.25, 0.3) is 6.08 Å². The number of H-pyrrole nitrogens is 1. The predicted octanol–water partition coefficient (Wildman–Crippen LogP) is 2.99. The average molecular weight is 631 g/mol. The molecule has 1 saturated heterocycles. The van der Waals surface area contributed by atoms with Gasteiger partial charge in [-0.1, -0.05) is 61.6 Å². The van der Waals surface area contributed by atoms with Gasteiger partial charge in [-0.15, -0.1) is 0 Å². The predicted molar refractivity (Wildman–Crippen MR) is 125 cm³/mol. The summed E-state index contributed by atoms with van der Waals surface area (Å²) in [6, 6.07) is 0. The van der Waals surface area contributed by atoms with E-state index in [9.17, 15) is 19.2 Å². The van der Waals surface area contributed by atoms with Crippen LogP contribution in [0.15, 0.2) is 20.8 Å². The Labute approximate surface area is 203 Å². The van der Waals surface area contributed by atoms with E-state index in [4.69, 9.17) is 14.2 Å². The van der Waals surface area contributed by atoms with Gasteiger partial charge < -0.3 is 14.2 Å². The summed E-state index contributed by atoms with van der Waals surface area (Å²) in [4.78, 5) is 51.4. The van der Waals surface area contributed by atoms with Gasteiger partial charge in [-0.3, -0.25) is 23.9 Å². The van der Waals surface area contributed by atoms with E-state index in [-0.39, 0.29) is 18.6 Å². The van der Waals surface area contributed by atoms with Gasteiger partial charge in [0.2, 0.25) is 0 Å². The van der Waals surface area contributed by atoms with Gasteiger partial charge in [0, 0.05) is 12.6 Å². The summed E-state index contributed by atoms with van der Waals surface area (Å²) in [5.74, 6) is -0.936. The zero-order valence-corrected chi connectivity index (χ0v) is 21.6. The van der Waals surface area contributed by atoms with Crippen molar-refractivity contribution in [2.75, 3.05) is 6.61 Å². The monoisotopic (exact) mass is 628 g/mol. The molecule has 1 aromatic heterocycles. The molecule has 31 heavy (non-hydrogen) atoms. The van der Waals surface area contributed by atoms with E-state index in [0.29, 0.717) is 12.8 Å². The second-order valence-corrected chi connectivity index (χ2v) is 9.50. The van der Waals surface area contributed by atoms with E-state index >= 15 is 0 Å². The van der Waals surface area contributed by atoms with Crippen molar-refractivity contribution in [3.05, 3.63) is 37.6 Å². The molecular weight excluding hydrogens is 608 g/mol. The van der Waals surface area contributed by atoms with Crippen molar-refractivity contribution in [1.82, 2.24) is 9.55 Å². The number of ether oxygens (including phenoxy) is 3. The lowest BCUT2D eigenvalue weighted by atomic mass is 10.2. The Balaban J connectivity index is 2.26. The van der Waals surface area contributed by atoms with Crippen LogP contribution in [0.4, 0.5) is 0 Å². The second kappa shape index (κ2) is 12.1. The van der Waals surface area contributed by atoms with Gasteiger partial charge in [0.1, 0.15) is 34.7 Å². The molecule has 9 nitrogen and oxygen atoms in total. The minimum absolute atomic E-state index is 0.145. The number of nitrogens with one attached hydrogen (secondary N) is 1. The van der Waals surface area contributed by atoms with Crippen molar-refractivity contribution in [2.24, 2.45) is 0 Å². The number of carbonyl (C=O) groups excluding carboxylic acids is 2. The van der Waals surface area contributed by atoms with Crippen LogP contribution >= 0.6 is 47.8 Å². The van der Waals surface area contributed by atoms with E-state index in [1.54, 1.807) is 0 Å². The third kappa shape index (κ3) is 6.87. The van der Waals surface area contributed by atoms with Crippen LogP contribution in [0.1, 0.15) is 44.9 Å². The number of hydrogen-bond acceptors (Lipinski definition) is 7. The molecule has 2 rings (SSSR count). The maximum atomic E-state index is 12.4. The van der Waals surface area contributed by atoms with Crippen LogP contribution in [0.3, 0.4) is 0 Å². The molecule has 0 aliphatic carbocycles. The number of carbonyl (C=O) groups is 2. The minimum Gasteiger partial charge on any atom is -0.462 e. The van der Waals surface area contributed by atoms with Crippen LogP contribution < -0.4 is 11.2 Å². The number of alkyl halides is 2. The van der Waals surface area contributed by atoms with Gasteiger partial charge >= 0.3 is 17.6 Å². The van der Waals surface area contributed by atoms with E-state index in [0.717, 1.165) is 0 Å². The first-order valence-corrected chi connectivity index (χ1v) is 12.4. The molecule has 0 saturated carbocycles. The molecule has 0 aromatic carbocycles. The van der Waals surface area contributed by atoms with Crippen molar-refractivity contribution in [2.45, 2.75) is 61.2 Å². The largest absolute Gasteiger partial charge is 0.462 e. The maximum absolute atomic E-state index is 12.4. The highest BCUT2D eigenvalue weighted by Crippen LogP contribution is 2.31. The Morgan fingerprint density at radius 3 is 2.52 bits per heavy atom. The fourth-order valence-electron chi connectivity index (χ4n) is 2.86. The molecule has 172 valence electrons. The summed E-state index contributed by atoms with van der Waals surface area (Å²) in [5, 5.41) is 0. The Morgan fingerprint density at radius 2 is 1.90 bits per heavy atom. The fourth-order valence-corrected chi connectivity index (χ4v) is 3.38. The quantitative estimate of drug-likeness (QED) is 0.329. The Morgan fingerprint density at radius 1 is 1.26 bits per heavy atom. The zero-order chi connectivity index (χ0) is 23.1. The molecule has 2 heterocycles. The van der Waals surface area contributed by atoms with Crippen molar-refractivity contribution < 1.29 is 23.8 Å². The highest BCUT2D eigenvalue weighted by Gasteiger charge is 2.41. The molecule has 1 aromatic rings. The standard InChI is InChI=1S/C19H23Br3N2O7/c1-3-11(21)17(26)29-9-14-13(31-18(27)12(22)4-2)7-15(30-14)24-8-10(5-6-20)16(25)23-19(24)28/h5-6,8,11-15H,3-4,7,9H2,1-2H3,(H,23,25,28)/t11?,12?,13?,14-,15-/m0/s1. The first-order chi connectivity index (χ1) is 14.7. The third-order valence-corrected chi connectivity index (χ3v) is 6.92. The zero-order valence-electron chi connectivity index (χ0n) is 16.9. The average Bonchev–Trinajstić information content (AvgIpc) is 3.14. The van der Waals surface area contributed by atoms with Crippen molar-refractivity contribution >= 4 is 65.8 Å². The van der Waals surface area contributed by atoms with E-state index in [1.807, 2.05) is 13.8 Å². The molecule has 0 amide bonds. The smallest absolute Gasteiger partial charge is 0.330 e. The number of aromatic amines is 1. The second-order valence-electron chi connectivity index (χ2n) is 6.77. The number of halogens is 3. The number of nitrogens with zero attached hydrogens (tertiary/aromatic N) is 1. The van der Waals surface area contributed by atoms with Crippen molar-refractivity contribution in [3.8, 4) is 0 Å². The Hall–Kier alpha value is -1.24. The number of rotatable bonds is 9. The Bertz CT molecular complexity index is 930. The molecule has 12 heteroatoms. The van der Waals surface area contributed by atoms with E-state index in [2.05, 4.69) is 52.8 Å². The van der Waals surface area contributed by atoms with Crippen LogP contribution in [0.2, 0.25) is 0 Å². The van der Waals surface area contributed by atoms with Crippen molar-refractivity contribution in [3.63, 3.8) is 0 Å². The molecule has 5 atom stereocenters. The normalized spacial score (nSPS) is 22.9. The highest BCUT2D eigenvalue weighted by molar-refractivity contribution is 9.11. The lowest BCUT2D eigenvalue weighted by Crippen LogP contribution is -2.35. The van der Waals surface area contributed by atoms with Crippen LogP contribution in [0.5, 0.6) is 0 Å². The van der Waals surface area contributed by atoms with Crippen LogP contribution in [0, 0.1) is 0 Å². The summed E-state index contributed by atoms with van der Waals surface area (Å²) >= 11 is 9.58. The highest BCUT2D eigenvalue weighted by atomic mass is 79.9. The van der Waals surface area contributed by atoms with Gasteiger partial charge in [0.15, 0.2) is 0 Å². The summed E-state index contributed by atoms with van der Waals surface area (Å²) in [6.07, 6.45) is 1.71. The lowest BCUT2D eigenvalue weighted by molar-refractivity contribution is -0.157. The lowest BCUT2D eigenvalue weighted by Gasteiger charge is -2.20. The van der Waals surface area contributed by atoms with Crippen molar-refractivity contribution in [1.29, 1.82) is 0 Å². The molecular formula is C19H23Br3N2O7. The molecule has 1 aliphatic heterocycles. The Kier molecular flexibility index (Phi) is 10.2. The number of aromatic nitrogens is 2. The van der Waals surface area contributed by atoms with Crippen LogP contribution in [-0.2, 0) is 23.8 Å². The first kappa shape index (κ1) is 26.0. The summed E-state index contributed by atoms with van der Waals surface area (Å²) in [5.41, 5.74) is -0.973. The van der Waals surface area contributed by atoms with Gasteiger partial charge in [0.05, 0.1) is 5.56 Å². The number of esters is 2. The summed E-state index contributed by atoms with van der Waals surface area (Å²) in [7, 11) is 0. The van der Waals surface area contributed by atoms with E-state index in [1.165, 1.54) is 21.8 Å². The summed E-state index contributed by atoms with van der Waals surface area (Å²) in [6.45, 7) is 3.50. The topological polar surface area (TPSA) is 117 Å². The number of hydrogen-bond donors (Lipinski definition) is 1. The molecule has 0 radical (unpaired) electrons. The van der Waals surface area contributed by atoms with E-state index < -0.39 is 51.3 Å². The summed E-state index contributed by atoms with van der Waals surface area (Å²) < 4.78 is 18.0. The molecule has 0 spiro atoms. The third-order valence-electron chi connectivity index (χ3n) is 4.61. The van der Waals surface area contributed by atoms with Crippen LogP contribution in [-0.4, -0.2) is 50.0 Å². The van der Waals surface area contributed by atoms with Gasteiger partial charge in [-0.05, 0) is 23.9 Å². The first-order valence-electron chi connectivity index (χ1n) is 9.64. The van der Waals surface area contributed by atoms with Gasteiger partial charge in [-0.25, -0.2) is 4.79 Å². The van der Waals surface area contributed by atoms with Gasteiger partial charge in [0.25, 0.3) is 5.56 Å². The fraction of sp³-hybridized carbons (Fsp3) is 0.579. The molecule has 1 N–H and O–H groups in total. The molecule has 1 fully saturated rings. The molecule has 1 aliphatic rings.